The average Bonchev–Trinajstić information content (AvgIpc) is 2.86. The molecular weight excluding hydrogens is 292 g/mol. The van der Waals surface area contributed by atoms with Crippen LogP contribution in [-0.2, 0) is 4.79 Å². The molecule has 0 atom stereocenters. The zero-order valence-electron chi connectivity index (χ0n) is 11.6. The molecule has 1 N–H and O–H groups in total. The van der Waals surface area contributed by atoms with Gasteiger partial charge >= 0.3 is 0 Å². The molecule has 21 heavy (non-hydrogen) atoms. The van der Waals surface area contributed by atoms with Crippen LogP contribution in [0.4, 0.5) is 10.8 Å². The summed E-state index contributed by atoms with van der Waals surface area (Å²) in [6.07, 6.45) is 0. The predicted octanol–water partition coefficient (Wildman–Crippen LogP) is 2.22. The molecule has 2 aromatic rings. The lowest BCUT2D eigenvalue weighted by Crippen LogP contribution is -2.26. The van der Waals surface area contributed by atoms with Gasteiger partial charge < -0.3 is 10.2 Å². The quantitative estimate of drug-likeness (QED) is 0.676. The van der Waals surface area contributed by atoms with Crippen LogP contribution in [0.15, 0.2) is 29.6 Å². The van der Waals surface area contributed by atoms with E-state index in [-0.39, 0.29) is 18.1 Å². The van der Waals surface area contributed by atoms with Gasteiger partial charge in [0.1, 0.15) is 0 Å². The Balaban J connectivity index is 2.09. The highest BCUT2D eigenvalue weighted by atomic mass is 32.1. The van der Waals surface area contributed by atoms with Crippen LogP contribution in [0.2, 0.25) is 0 Å². The van der Waals surface area contributed by atoms with Gasteiger partial charge in [0.25, 0.3) is 5.69 Å². The molecule has 0 unspecified atom stereocenters. The van der Waals surface area contributed by atoms with Gasteiger partial charge in [0.2, 0.25) is 5.91 Å². The molecule has 1 aromatic carbocycles. The molecule has 0 aliphatic heterocycles. The van der Waals surface area contributed by atoms with Crippen molar-refractivity contribution >= 4 is 28.1 Å². The van der Waals surface area contributed by atoms with Crippen molar-refractivity contribution in [2.24, 2.45) is 0 Å². The second-order valence-electron chi connectivity index (χ2n) is 4.63. The first kappa shape index (κ1) is 15.1. The summed E-state index contributed by atoms with van der Waals surface area (Å²) in [6, 6.07) is 6.13. The van der Waals surface area contributed by atoms with E-state index in [0.717, 1.165) is 5.56 Å². The van der Waals surface area contributed by atoms with E-state index in [9.17, 15) is 14.9 Å². The number of amides is 1. The minimum Gasteiger partial charge on any atom is -0.301 e. The van der Waals surface area contributed by atoms with Gasteiger partial charge in [0.05, 0.1) is 17.2 Å². The molecule has 1 aromatic heterocycles. The Morgan fingerprint density at radius 1 is 1.38 bits per heavy atom. The molecule has 1 amide bonds. The lowest BCUT2D eigenvalue weighted by atomic mass is 10.1. The molecule has 0 saturated carbocycles. The number of hydrogen-bond donors (Lipinski definition) is 1. The minimum absolute atomic E-state index is 0.0356. The minimum atomic E-state index is -0.447. The molecule has 0 aliphatic carbocycles. The molecule has 2 rings (SSSR count). The maximum atomic E-state index is 11.6. The fourth-order valence-corrected chi connectivity index (χ4v) is 2.40. The number of nitrogens with zero attached hydrogens (tertiary/aromatic N) is 3. The topological polar surface area (TPSA) is 88.4 Å². The van der Waals surface area contributed by atoms with Gasteiger partial charge in [-0.3, -0.25) is 14.9 Å². The molecule has 8 heteroatoms. The van der Waals surface area contributed by atoms with Crippen LogP contribution in [0.5, 0.6) is 0 Å². The van der Waals surface area contributed by atoms with Crippen molar-refractivity contribution in [1.29, 1.82) is 0 Å². The zero-order chi connectivity index (χ0) is 15.4. The maximum absolute atomic E-state index is 11.6. The second-order valence-corrected chi connectivity index (χ2v) is 5.49. The van der Waals surface area contributed by atoms with Crippen LogP contribution >= 0.6 is 11.3 Å². The third-order valence-electron chi connectivity index (χ3n) is 2.58. The first-order chi connectivity index (χ1) is 9.95. The van der Waals surface area contributed by atoms with E-state index < -0.39 is 4.92 Å². The van der Waals surface area contributed by atoms with Gasteiger partial charge in [-0.2, -0.15) is 0 Å². The summed E-state index contributed by atoms with van der Waals surface area (Å²) in [7, 11) is 3.62. The summed E-state index contributed by atoms with van der Waals surface area (Å²) in [5, 5.41) is 15.6. The maximum Gasteiger partial charge on any atom is 0.269 e. The monoisotopic (exact) mass is 306 g/mol. The third kappa shape index (κ3) is 4.07. The highest BCUT2D eigenvalue weighted by Crippen LogP contribution is 2.26. The number of nitrogens with one attached hydrogen (secondary N) is 1. The van der Waals surface area contributed by atoms with Crippen LogP contribution in [-0.4, -0.2) is 41.4 Å². The summed E-state index contributed by atoms with van der Waals surface area (Å²) in [5.41, 5.74) is 1.48. The zero-order valence-corrected chi connectivity index (χ0v) is 12.4. The number of benzene rings is 1. The number of rotatable bonds is 5. The molecule has 0 fully saturated rings. The number of thiazole rings is 1. The Morgan fingerprint density at radius 3 is 2.62 bits per heavy atom. The number of anilines is 1. The van der Waals surface area contributed by atoms with Gasteiger partial charge in [-0.15, -0.1) is 11.3 Å². The Bertz CT molecular complexity index is 652. The predicted molar refractivity (Wildman–Crippen MR) is 81.4 cm³/mol. The van der Waals surface area contributed by atoms with E-state index in [0.29, 0.717) is 10.8 Å². The van der Waals surface area contributed by atoms with E-state index in [1.807, 2.05) is 14.1 Å². The fraction of sp³-hybridized carbons (Fsp3) is 0.231. The Labute approximate surface area is 125 Å². The normalized spacial score (nSPS) is 10.6. The van der Waals surface area contributed by atoms with Crippen LogP contribution < -0.4 is 5.32 Å². The molecule has 7 nitrogen and oxygen atoms in total. The smallest absolute Gasteiger partial charge is 0.269 e. The first-order valence-electron chi connectivity index (χ1n) is 6.10. The van der Waals surface area contributed by atoms with Crippen LogP contribution in [0.3, 0.4) is 0 Å². The average molecular weight is 306 g/mol. The van der Waals surface area contributed by atoms with Gasteiger partial charge in [0, 0.05) is 23.1 Å². The molecule has 1 heterocycles. The van der Waals surface area contributed by atoms with Crippen molar-refractivity contribution in [1.82, 2.24) is 9.88 Å². The van der Waals surface area contributed by atoms with Crippen molar-refractivity contribution in [3.05, 3.63) is 39.8 Å². The number of aromatic nitrogens is 1. The molecule has 0 spiro atoms. The molecule has 110 valence electrons. The Kier molecular flexibility index (Phi) is 4.61. The molecular formula is C13H14N4O3S. The van der Waals surface area contributed by atoms with Crippen LogP contribution in [0.25, 0.3) is 11.3 Å². The molecule has 0 bridgehead atoms. The van der Waals surface area contributed by atoms with Crippen molar-refractivity contribution in [3.8, 4) is 11.3 Å². The highest BCUT2D eigenvalue weighted by molar-refractivity contribution is 7.14. The molecule has 0 radical (unpaired) electrons. The van der Waals surface area contributed by atoms with E-state index >= 15 is 0 Å². The number of carbonyl (C=O) groups excluding carboxylic acids is 1. The van der Waals surface area contributed by atoms with Gasteiger partial charge in [0.15, 0.2) is 5.13 Å². The SMILES string of the molecule is CN(C)CC(=O)Nc1nc(-c2ccc([N+](=O)[O-])cc2)cs1. The Morgan fingerprint density at radius 2 is 2.05 bits per heavy atom. The number of hydrogen-bond acceptors (Lipinski definition) is 6. The molecule has 0 saturated heterocycles. The largest absolute Gasteiger partial charge is 0.301 e. The van der Waals surface area contributed by atoms with Gasteiger partial charge in [-0.25, -0.2) is 4.98 Å². The molecule has 0 aliphatic rings. The van der Waals surface area contributed by atoms with Crippen molar-refractivity contribution in [3.63, 3.8) is 0 Å². The number of non-ortho nitro benzene ring substituents is 1. The summed E-state index contributed by atoms with van der Waals surface area (Å²) < 4.78 is 0. The van der Waals surface area contributed by atoms with E-state index in [2.05, 4.69) is 10.3 Å². The van der Waals surface area contributed by atoms with Crippen LogP contribution in [0.1, 0.15) is 0 Å². The summed E-state index contributed by atoms with van der Waals surface area (Å²) >= 11 is 1.31. The van der Waals surface area contributed by atoms with E-state index in [1.165, 1.54) is 23.5 Å². The van der Waals surface area contributed by atoms with Gasteiger partial charge in [-0.05, 0) is 26.2 Å². The first-order valence-corrected chi connectivity index (χ1v) is 6.98. The number of nitro groups is 1. The summed E-state index contributed by atoms with van der Waals surface area (Å²) in [4.78, 5) is 27.8. The van der Waals surface area contributed by atoms with E-state index in [4.69, 9.17) is 0 Å². The van der Waals surface area contributed by atoms with Crippen molar-refractivity contribution < 1.29 is 9.72 Å². The number of carbonyl (C=O) groups is 1. The van der Waals surface area contributed by atoms with Crippen LogP contribution in [0, 0.1) is 10.1 Å². The summed E-state index contributed by atoms with van der Waals surface area (Å²) in [5.74, 6) is -0.135. The second kappa shape index (κ2) is 6.42. The van der Waals surface area contributed by atoms with Gasteiger partial charge in [-0.1, -0.05) is 0 Å². The number of likely N-dealkylation sites (N-methyl/N-ethyl adjacent to an activating group) is 1. The standard InChI is InChI=1S/C13H14N4O3S/c1-16(2)7-12(18)15-13-14-11(8-21-13)9-3-5-10(6-4-9)17(19)20/h3-6,8H,7H2,1-2H3,(H,14,15,18). The fourth-order valence-electron chi connectivity index (χ4n) is 1.66. The van der Waals surface area contributed by atoms with Crippen molar-refractivity contribution in [2.45, 2.75) is 0 Å². The van der Waals surface area contributed by atoms with E-state index in [1.54, 1.807) is 22.4 Å². The number of nitro benzene ring substituents is 1. The van der Waals surface area contributed by atoms with Crippen molar-refractivity contribution in [2.75, 3.05) is 26.0 Å². The summed E-state index contributed by atoms with van der Waals surface area (Å²) in [6.45, 7) is 0.284. The lowest BCUT2D eigenvalue weighted by Gasteiger charge is -2.07. The third-order valence-corrected chi connectivity index (χ3v) is 3.34. The Hall–Kier alpha value is -2.32. The highest BCUT2D eigenvalue weighted by Gasteiger charge is 2.10. The lowest BCUT2D eigenvalue weighted by molar-refractivity contribution is -0.384.